The molecule has 2 rings (SSSR count). The third kappa shape index (κ3) is 1.68. The van der Waals surface area contributed by atoms with Crippen molar-refractivity contribution in [1.29, 1.82) is 0 Å². The molecule has 1 aliphatic rings. The van der Waals surface area contributed by atoms with Crippen LogP contribution in [-0.2, 0) is 9.59 Å². The fourth-order valence-corrected chi connectivity index (χ4v) is 2.28. The lowest BCUT2D eigenvalue weighted by molar-refractivity contribution is -0.122. The average molecular weight is 246 g/mol. The second kappa shape index (κ2) is 4.12. The second-order valence-electron chi connectivity index (χ2n) is 5.08. The Morgan fingerprint density at radius 3 is 2.00 bits per heavy atom. The zero-order valence-corrected chi connectivity index (χ0v) is 11.2. The fraction of sp³-hybridized carbons (Fsp3) is 0.429. The number of nitrogens with two attached hydrogens (primary N) is 1. The smallest absolute Gasteiger partial charge is 0.237 e. The molecular weight excluding hydrogens is 228 g/mol. The number of nitrogen functional groups attached to an aromatic ring is 1. The molecule has 1 aromatic carbocycles. The van der Waals surface area contributed by atoms with Crippen LogP contribution in [0, 0.1) is 25.7 Å². The van der Waals surface area contributed by atoms with E-state index in [0.29, 0.717) is 11.4 Å². The van der Waals surface area contributed by atoms with E-state index in [9.17, 15) is 9.59 Å². The lowest BCUT2D eigenvalue weighted by atomic mass is 10.00. The lowest BCUT2D eigenvalue weighted by Gasteiger charge is -2.18. The highest BCUT2D eigenvalue weighted by Gasteiger charge is 2.43. The minimum Gasteiger partial charge on any atom is -0.398 e. The van der Waals surface area contributed by atoms with Gasteiger partial charge in [0.15, 0.2) is 0 Å². The van der Waals surface area contributed by atoms with Gasteiger partial charge in [-0.25, -0.2) is 4.90 Å². The summed E-state index contributed by atoms with van der Waals surface area (Å²) in [6, 6.07) is 3.62. The Labute approximate surface area is 107 Å². The number of imide groups is 1. The first-order valence-corrected chi connectivity index (χ1v) is 6.09. The van der Waals surface area contributed by atoms with Crippen LogP contribution < -0.4 is 10.6 Å². The van der Waals surface area contributed by atoms with Crippen molar-refractivity contribution in [3.05, 3.63) is 23.3 Å². The summed E-state index contributed by atoms with van der Waals surface area (Å²) in [5, 5.41) is 0. The normalized spacial score (nSPS) is 23.9. The van der Waals surface area contributed by atoms with Gasteiger partial charge in [0.2, 0.25) is 11.8 Å². The van der Waals surface area contributed by atoms with Gasteiger partial charge in [0, 0.05) is 17.5 Å². The largest absolute Gasteiger partial charge is 0.398 e. The van der Waals surface area contributed by atoms with Gasteiger partial charge in [0.25, 0.3) is 0 Å². The minimum absolute atomic E-state index is 0.140. The predicted molar refractivity (Wildman–Crippen MR) is 71.1 cm³/mol. The van der Waals surface area contributed by atoms with Gasteiger partial charge in [-0.1, -0.05) is 19.9 Å². The maximum Gasteiger partial charge on any atom is 0.237 e. The summed E-state index contributed by atoms with van der Waals surface area (Å²) in [7, 11) is 0. The van der Waals surface area contributed by atoms with E-state index >= 15 is 0 Å². The van der Waals surface area contributed by atoms with Crippen LogP contribution in [0.1, 0.15) is 25.0 Å². The van der Waals surface area contributed by atoms with Crippen molar-refractivity contribution in [2.75, 3.05) is 10.6 Å². The van der Waals surface area contributed by atoms with Gasteiger partial charge >= 0.3 is 0 Å². The number of anilines is 2. The molecule has 2 amide bonds. The maximum absolute atomic E-state index is 12.1. The fourth-order valence-electron chi connectivity index (χ4n) is 2.28. The van der Waals surface area contributed by atoms with E-state index in [-0.39, 0.29) is 23.7 Å². The van der Waals surface area contributed by atoms with Gasteiger partial charge in [-0.05, 0) is 31.0 Å². The minimum atomic E-state index is -0.264. The van der Waals surface area contributed by atoms with Crippen LogP contribution in [0.15, 0.2) is 12.1 Å². The third-order valence-corrected chi connectivity index (χ3v) is 3.80. The monoisotopic (exact) mass is 246 g/mol. The molecule has 0 spiro atoms. The van der Waals surface area contributed by atoms with Gasteiger partial charge in [0.05, 0.1) is 5.69 Å². The lowest BCUT2D eigenvalue weighted by Crippen LogP contribution is -2.31. The molecule has 0 aliphatic carbocycles. The molecule has 1 saturated heterocycles. The van der Waals surface area contributed by atoms with Crippen molar-refractivity contribution in [2.24, 2.45) is 11.8 Å². The number of hydrogen-bond acceptors (Lipinski definition) is 3. The van der Waals surface area contributed by atoms with Crippen LogP contribution in [0.3, 0.4) is 0 Å². The van der Waals surface area contributed by atoms with E-state index in [1.54, 1.807) is 19.9 Å². The van der Waals surface area contributed by atoms with Crippen molar-refractivity contribution in [3.63, 3.8) is 0 Å². The number of hydrogen-bond donors (Lipinski definition) is 1. The highest BCUT2D eigenvalue weighted by atomic mass is 16.2. The van der Waals surface area contributed by atoms with Crippen molar-refractivity contribution in [1.82, 2.24) is 0 Å². The number of rotatable bonds is 1. The van der Waals surface area contributed by atoms with Crippen molar-refractivity contribution in [2.45, 2.75) is 27.7 Å². The standard InChI is InChI=1S/C14H18N2O2/c1-7-5-8(2)12(6-11(7)15)16-13(17)9(3)10(4)14(16)18/h5-6,9-10H,15H2,1-4H3. The van der Waals surface area contributed by atoms with E-state index in [4.69, 9.17) is 5.73 Å². The molecule has 2 N–H and O–H groups in total. The Hall–Kier alpha value is -1.84. The molecule has 2 unspecified atom stereocenters. The van der Waals surface area contributed by atoms with E-state index in [0.717, 1.165) is 11.1 Å². The Morgan fingerprint density at radius 2 is 1.50 bits per heavy atom. The van der Waals surface area contributed by atoms with Crippen LogP contribution in [0.2, 0.25) is 0 Å². The molecule has 2 atom stereocenters. The molecule has 4 nitrogen and oxygen atoms in total. The van der Waals surface area contributed by atoms with E-state index in [2.05, 4.69) is 0 Å². The first-order valence-electron chi connectivity index (χ1n) is 6.09. The van der Waals surface area contributed by atoms with Crippen molar-refractivity contribution >= 4 is 23.2 Å². The van der Waals surface area contributed by atoms with Gasteiger partial charge in [-0.2, -0.15) is 0 Å². The SMILES string of the molecule is Cc1cc(C)c(N2C(=O)C(C)C(C)C2=O)cc1N. The summed E-state index contributed by atoms with van der Waals surface area (Å²) in [6.45, 7) is 7.37. The summed E-state index contributed by atoms with van der Waals surface area (Å²) in [4.78, 5) is 25.6. The zero-order chi connectivity index (χ0) is 13.6. The molecule has 4 heteroatoms. The maximum atomic E-state index is 12.1. The number of nitrogens with zero attached hydrogens (tertiary/aromatic N) is 1. The van der Waals surface area contributed by atoms with Gasteiger partial charge < -0.3 is 5.73 Å². The summed E-state index contributed by atoms with van der Waals surface area (Å²) in [5.41, 5.74) is 8.93. The van der Waals surface area contributed by atoms with E-state index in [1.807, 2.05) is 19.9 Å². The zero-order valence-electron chi connectivity index (χ0n) is 11.2. The summed E-state index contributed by atoms with van der Waals surface area (Å²) in [5.74, 6) is -0.809. The molecule has 0 bridgehead atoms. The number of carbonyl (C=O) groups excluding carboxylic acids is 2. The molecular formula is C14H18N2O2. The third-order valence-electron chi connectivity index (χ3n) is 3.80. The molecule has 0 saturated carbocycles. The predicted octanol–water partition coefficient (Wildman–Crippen LogP) is 2.03. The Balaban J connectivity index is 2.53. The highest BCUT2D eigenvalue weighted by Crippen LogP contribution is 2.34. The molecule has 1 aromatic rings. The average Bonchev–Trinajstić information content (AvgIpc) is 2.50. The molecule has 0 radical (unpaired) electrons. The molecule has 1 aliphatic heterocycles. The van der Waals surface area contributed by atoms with Crippen LogP contribution >= 0.6 is 0 Å². The number of carbonyl (C=O) groups is 2. The highest BCUT2D eigenvalue weighted by molar-refractivity contribution is 6.22. The van der Waals surface area contributed by atoms with Gasteiger partial charge in [-0.15, -0.1) is 0 Å². The summed E-state index contributed by atoms with van der Waals surface area (Å²) in [6.07, 6.45) is 0. The Kier molecular flexibility index (Phi) is 2.89. The Bertz CT molecular complexity index is 517. The molecule has 1 fully saturated rings. The topological polar surface area (TPSA) is 63.4 Å². The summed E-state index contributed by atoms with van der Waals surface area (Å²) >= 11 is 0. The quantitative estimate of drug-likeness (QED) is 0.609. The second-order valence-corrected chi connectivity index (χ2v) is 5.08. The summed E-state index contributed by atoms with van der Waals surface area (Å²) < 4.78 is 0. The van der Waals surface area contributed by atoms with Crippen LogP contribution in [0.4, 0.5) is 11.4 Å². The first kappa shape index (κ1) is 12.6. The molecule has 0 aromatic heterocycles. The van der Waals surface area contributed by atoms with Crippen LogP contribution in [0.25, 0.3) is 0 Å². The molecule has 96 valence electrons. The molecule has 1 heterocycles. The molecule has 18 heavy (non-hydrogen) atoms. The van der Waals surface area contributed by atoms with Gasteiger partial charge in [-0.3, -0.25) is 9.59 Å². The van der Waals surface area contributed by atoms with E-state index in [1.165, 1.54) is 4.90 Å². The first-order chi connectivity index (χ1) is 8.34. The van der Waals surface area contributed by atoms with Crippen molar-refractivity contribution < 1.29 is 9.59 Å². The number of benzene rings is 1. The Morgan fingerprint density at radius 1 is 1.00 bits per heavy atom. The van der Waals surface area contributed by atoms with E-state index < -0.39 is 0 Å². The van der Waals surface area contributed by atoms with Gasteiger partial charge in [0.1, 0.15) is 0 Å². The van der Waals surface area contributed by atoms with Crippen molar-refractivity contribution in [3.8, 4) is 0 Å². The van der Waals surface area contributed by atoms with Crippen LogP contribution in [0.5, 0.6) is 0 Å². The number of aryl methyl sites for hydroxylation is 2. The number of amides is 2. The van der Waals surface area contributed by atoms with Crippen LogP contribution in [-0.4, -0.2) is 11.8 Å².